The fourth-order valence-electron chi connectivity index (χ4n) is 5.61. The Bertz CT molecular complexity index is 1480. The van der Waals surface area contributed by atoms with E-state index in [2.05, 4.69) is 15.9 Å². The number of alkyl halides is 3. The van der Waals surface area contributed by atoms with Gasteiger partial charge >= 0.3 is 11.4 Å². The number of aromatic hydroxyl groups is 1. The smallest absolute Gasteiger partial charge is 0.347 e. The number of phenols is 1. The number of hydrogen-bond donors (Lipinski definition) is 1. The lowest BCUT2D eigenvalue weighted by molar-refractivity contribution is -0.138. The van der Waals surface area contributed by atoms with Crippen molar-refractivity contribution in [2.45, 2.75) is 34.7 Å². The van der Waals surface area contributed by atoms with Crippen molar-refractivity contribution in [3.63, 3.8) is 0 Å². The average molecular weight is 604 g/mol. The Hall–Kier alpha value is -2.70. The molecule has 0 spiro atoms. The molecule has 1 aliphatic carbocycles. The van der Waals surface area contributed by atoms with Crippen molar-refractivity contribution in [2.24, 2.45) is 7.05 Å². The molecule has 192 valence electrons. The third-order valence-electron chi connectivity index (χ3n) is 7.31. The Balaban J connectivity index is 1.86. The fraction of sp³-hybridized carbons (Fsp3) is 0.455. The molecule has 1 saturated carbocycles. The summed E-state index contributed by atoms with van der Waals surface area (Å²) in [5.74, 6) is -2.60. The van der Waals surface area contributed by atoms with E-state index in [0.29, 0.717) is 5.57 Å². The van der Waals surface area contributed by atoms with Crippen molar-refractivity contribution < 1.29 is 24.2 Å². The molecule has 5 rings (SSSR count). The van der Waals surface area contributed by atoms with Gasteiger partial charge in [0.1, 0.15) is 17.2 Å². The molecular formula is C22H21BrCl2N4O7. The summed E-state index contributed by atoms with van der Waals surface area (Å²) in [4.78, 5) is 49.8. The molecular weight excluding hydrogens is 583 g/mol. The van der Waals surface area contributed by atoms with E-state index in [0.717, 1.165) is 9.47 Å². The number of rotatable bonds is 4. The first-order chi connectivity index (χ1) is 17.0. The second kappa shape index (κ2) is 8.15. The number of fused-ring (bicyclic) bond motifs is 4. The van der Waals surface area contributed by atoms with Crippen LogP contribution in [-0.4, -0.2) is 65.2 Å². The highest BCUT2D eigenvalue weighted by molar-refractivity contribution is 9.09. The molecule has 3 heterocycles. The van der Waals surface area contributed by atoms with E-state index < -0.39 is 44.9 Å². The maximum atomic E-state index is 13.7. The summed E-state index contributed by atoms with van der Waals surface area (Å²) in [7, 11) is 4.13. The van der Waals surface area contributed by atoms with Crippen LogP contribution in [0.1, 0.15) is 23.9 Å². The molecule has 3 aliphatic rings. The van der Waals surface area contributed by atoms with Crippen LogP contribution >= 0.6 is 39.1 Å². The van der Waals surface area contributed by atoms with E-state index in [1.54, 1.807) is 6.08 Å². The van der Waals surface area contributed by atoms with Crippen molar-refractivity contribution >= 4 is 50.9 Å². The van der Waals surface area contributed by atoms with Gasteiger partial charge < -0.3 is 14.6 Å². The van der Waals surface area contributed by atoms with E-state index in [-0.39, 0.29) is 41.2 Å². The SMILES string of the molecule is COc1cc(O)c([C@H]2C3=CCn4c(=O)n(C)c(=O)n4[C@@H]3C[C@@]3(Cl)C(=O)N(CBr)C(=O)[C@@]23Cl)c(OC)c1. The minimum Gasteiger partial charge on any atom is -0.507 e. The first-order valence-electron chi connectivity index (χ1n) is 10.8. The average Bonchev–Trinajstić information content (AvgIpc) is 3.17. The van der Waals surface area contributed by atoms with Crippen molar-refractivity contribution in [3.05, 3.63) is 50.3 Å². The monoisotopic (exact) mass is 602 g/mol. The lowest BCUT2D eigenvalue weighted by Gasteiger charge is -2.49. The largest absolute Gasteiger partial charge is 0.507 e. The number of hydrogen-bond acceptors (Lipinski definition) is 7. The number of imide groups is 1. The molecule has 2 aliphatic heterocycles. The summed E-state index contributed by atoms with van der Waals surface area (Å²) in [5, 5.41) is 11.1. The van der Waals surface area contributed by atoms with Crippen LogP contribution in [0.25, 0.3) is 0 Å². The lowest BCUT2D eigenvalue weighted by Crippen LogP contribution is -2.59. The van der Waals surface area contributed by atoms with Crippen LogP contribution in [0.2, 0.25) is 0 Å². The number of carbonyl (C=O) groups is 2. The summed E-state index contributed by atoms with van der Waals surface area (Å²) >= 11 is 17.3. The maximum Gasteiger partial charge on any atom is 0.347 e. The zero-order valence-electron chi connectivity index (χ0n) is 19.3. The highest BCUT2D eigenvalue weighted by atomic mass is 79.9. The van der Waals surface area contributed by atoms with Gasteiger partial charge in [0.05, 0.1) is 32.3 Å². The van der Waals surface area contributed by atoms with E-state index in [1.165, 1.54) is 42.8 Å². The van der Waals surface area contributed by atoms with Gasteiger partial charge in [-0.1, -0.05) is 22.0 Å². The third kappa shape index (κ3) is 2.86. The highest BCUT2D eigenvalue weighted by Crippen LogP contribution is 2.65. The van der Waals surface area contributed by atoms with Crippen LogP contribution in [0.5, 0.6) is 17.2 Å². The molecule has 1 aromatic heterocycles. The van der Waals surface area contributed by atoms with Crippen molar-refractivity contribution in [3.8, 4) is 17.2 Å². The number of likely N-dealkylation sites (tertiary alicyclic amines) is 1. The van der Waals surface area contributed by atoms with Gasteiger partial charge in [-0.05, 0) is 5.57 Å². The Morgan fingerprint density at radius 3 is 2.42 bits per heavy atom. The highest BCUT2D eigenvalue weighted by Gasteiger charge is 2.75. The summed E-state index contributed by atoms with van der Waals surface area (Å²) in [6, 6.07) is 1.93. The lowest BCUT2D eigenvalue weighted by atomic mass is 9.64. The number of halogens is 3. The van der Waals surface area contributed by atoms with Gasteiger partial charge in [-0.2, -0.15) is 0 Å². The van der Waals surface area contributed by atoms with Crippen molar-refractivity contribution in [1.29, 1.82) is 0 Å². The van der Waals surface area contributed by atoms with E-state index in [1.807, 2.05) is 0 Å². The van der Waals surface area contributed by atoms with Crippen LogP contribution in [0.15, 0.2) is 33.4 Å². The number of aromatic nitrogens is 3. The number of allylic oxidation sites excluding steroid dienone is 2. The number of amides is 2. The van der Waals surface area contributed by atoms with Crippen LogP contribution in [0.3, 0.4) is 0 Å². The number of nitrogens with zero attached hydrogens (tertiary/aromatic N) is 4. The van der Waals surface area contributed by atoms with Crippen LogP contribution < -0.4 is 20.9 Å². The van der Waals surface area contributed by atoms with Gasteiger partial charge in [0.15, 0.2) is 9.75 Å². The molecule has 4 atom stereocenters. The maximum absolute atomic E-state index is 13.7. The normalized spacial score (nSPS) is 28.9. The van der Waals surface area contributed by atoms with Gasteiger partial charge in [0, 0.05) is 37.1 Å². The summed E-state index contributed by atoms with van der Waals surface area (Å²) < 4.78 is 14.2. The second-order valence-corrected chi connectivity index (χ2v) is 10.6. The Morgan fingerprint density at radius 2 is 1.81 bits per heavy atom. The van der Waals surface area contributed by atoms with Gasteiger partial charge in [0.25, 0.3) is 11.8 Å². The van der Waals surface area contributed by atoms with Gasteiger partial charge in [-0.25, -0.2) is 23.5 Å². The van der Waals surface area contributed by atoms with E-state index >= 15 is 0 Å². The summed E-state index contributed by atoms with van der Waals surface area (Å²) in [5.41, 5.74) is -0.765. The van der Waals surface area contributed by atoms with Crippen LogP contribution in [0.4, 0.5) is 0 Å². The molecule has 0 radical (unpaired) electrons. The van der Waals surface area contributed by atoms with Gasteiger partial charge in [-0.15, -0.1) is 23.2 Å². The van der Waals surface area contributed by atoms with E-state index in [9.17, 15) is 24.3 Å². The zero-order chi connectivity index (χ0) is 26.3. The zero-order valence-corrected chi connectivity index (χ0v) is 22.4. The van der Waals surface area contributed by atoms with Gasteiger partial charge in [-0.3, -0.25) is 14.5 Å². The number of methoxy groups -OCH3 is 2. The standard InChI is InChI=1S/C22H21BrCl2N4O7/c1-26-19(33)28-5-4-11-12(29(28)20(26)34)8-21(24)17(31)27(9-23)18(32)22(21,25)16(11)15-13(30)6-10(35-2)7-14(15)36-3/h4,6-7,12,16,30H,5,8-9H2,1-3H3/t12-,16-,21-,22+/m1/s1. The molecule has 14 heteroatoms. The number of carbonyl (C=O) groups excluding carboxylic acids is 2. The molecule has 11 nitrogen and oxygen atoms in total. The quantitative estimate of drug-likeness (QED) is 0.242. The Kier molecular flexibility index (Phi) is 5.66. The fourth-order valence-corrected chi connectivity index (χ4v) is 6.99. The molecule has 36 heavy (non-hydrogen) atoms. The van der Waals surface area contributed by atoms with Crippen LogP contribution in [0, 0.1) is 0 Å². The molecule has 1 saturated heterocycles. The third-order valence-corrected chi connectivity index (χ3v) is 9.23. The predicted octanol–water partition coefficient (Wildman–Crippen LogP) is 1.42. The van der Waals surface area contributed by atoms with Gasteiger partial charge in [0.2, 0.25) is 0 Å². The first-order valence-corrected chi connectivity index (χ1v) is 12.7. The molecule has 2 amide bonds. The minimum atomic E-state index is -2.08. The van der Waals surface area contributed by atoms with Crippen molar-refractivity contribution in [2.75, 3.05) is 19.7 Å². The predicted molar refractivity (Wildman–Crippen MR) is 132 cm³/mol. The molecule has 2 aromatic rings. The Labute approximate surface area is 222 Å². The first kappa shape index (κ1) is 25.0. The number of benzene rings is 1. The topological polar surface area (TPSA) is 125 Å². The number of ether oxygens (including phenoxy) is 2. The molecule has 1 N–H and O–H groups in total. The molecule has 1 aromatic carbocycles. The summed E-state index contributed by atoms with van der Waals surface area (Å²) in [6.07, 6.45) is 1.44. The van der Waals surface area contributed by atoms with E-state index in [4.69, 9.17) is 32.7 Å². The van der Waals surface area contributed by atoms with Crippen LogP contribution in [-0.2, 0) is 23.2 Å². The van der Waals surface area contributed by atoms with Crippen molar-refractivity contribution in [1.82, 2.24) is 18.8 Å². The second-order valence-electron chi connectivity index (χ2n) is 8.84. The molecule has 2 fully saturated rings. The number of phenolic OH excluding ortho intramolecular Hbond substituents is 1. The molecule has 0 unspecified atom stereocenters. The Morgan fingerprint density at radius 1 is 1.11 bits per heavy atom. The summed E-state index contributed by atoms with van der Waals surface area (Å²) in [6.45, 7) is 0.00300. The molecule has 0 bridgehead atoms. The minimum absolute atomic E-state index is 0.00300.